The van der Waals surface area contributed by atoms with E-state index in [2.05, 4.69) is 15.9 Å². The number of halogens is 2. The van der Waals surface area contributed by atoms with Crippen molar-refractivity contribution >= 4 is 21.9 Å². The van der Waals surface area contributed by atoms with Gasteiger partial charge >= 0.3 is 5.97 Å². The fourth-order valence-electron chi connectivity index (χ4n) is 1.33. The lowest BCUT2D eigenvalue weighted by Gasteiger charge is -2.07. The summed E-state index contributed by atoms with van der Waals surface area (Å²) >= 11 is 3.22. The summed E-state index contributed by atoms with van der Waals surface area (Å²) < 4.78 is 23.6. The van der Waals surface area contributed by atoms with E-state index >= 15 is 0 Å². The first-order chi connectivity index (χ1) is 8.63. The van der Waals surface area contributed by atoms with Gasteiger partial charge in [-0.3, -0.25) is 4.79 Å². The van der Waals surface area contributed by atoms with Gasteiger partial charge in [-0.05, 0) is 25.5 Å². The molecule has 1 aromatic rings. The molecule has 0 bridgehead atoms. The quantitative estimate of drug-likeness (QED) is 0.570. The van der Waals surface area contributed by atoms with E-state index in [0.29, 0.717) is 30.5 Å². The summed E-state index contributed by atoms with van der Waals surface area (Å²) in [5.74, 6) is -0.598. The first-order valence-electron chi connectivity index (χ1n) is 5.80. The minimum atomic E-state index is -0.325. The Morgan fingerprint density at radius 1 is 1.44 bits per heavy atom. The van der Waals surface area contributed by atoms with E-state index in [9.17, 15) is 9.18 Å². The first-order valence-corrected chi connectivity index (χ1v) is 6.60. The highest BCUT2D eigenvalue weighted by Gasteiger charge is 2.06. The van der Waals surface area contributed by atoms with Crippen molar-refractivity contribution in [2.45, 2.75) is 26.4 Å². The summed E-state index contributed by atoms with van der Waals surface area (Å²) in [5.41, 5.74) is 0.745. The zero-order chi connectivity index (χ0) is 13.4. The third-order valence-corrected chi connectivity index (χ3v) is 3.02. The van der Waals surface area contributed by atoms with Gasteiger partial charge in [0.1, 0.15) is 12.4 Å². The number of carbonyl (C=O) groups excluding carboxylic acids is 1. The van der Waals surface area contributed by atoms with Crippen molar-refractivity contribution in [2.75, 3.05) is 13.2 Å². The second-order valence-electron chi connectivity index (χ2n) is 3.70. The molecular formula is C13H16BrFO3. The van der Waals surface area contributed by atoms with Crippen molar-refractivity contribution in [1.82, 2.24) is 0 Å². The molecule has 1 aromatic carbocycles. The molecule has 0 saturated heterocycles. The summed E-state index contributed by atoms with van der Waals surface area (Å²) in [6, 6.07) is 4.27. The molecule has 0 aliphatic heterocycles. The average molecular weight is 319 g/mol. The van der Waals surface area contributed by atoms with Crippen LogP contribution in [0.25, 0.3) is 0 Å². The molecule has 0 aliphatic rings. The van der Waals surface area contributed by atoms with Crippen LogP contribution in [0.3, 0.4) is 0 Å². The highest BCUT2D eigenvalue weighted by atomic mass is 79.9. The van der Waals surface area contributed by atoms with Crippen LogP contribution in [0.4, 0.5) is 4.39 Å². The molecule has 0 aromatic heterocycles. The molecule has 0 fully saturated rings. The summed E-state index contributed by atoms with van der Waals surface area (Å²) in [4.78, 5) is 11.4. The molecule has 0 saturated carbocycles. The molecule has 0 spiro atoms. The molecule has 0 heterocycles. The minimum absolute atomic E-state index is 0.147. The molecule has 0 N–H and O–H groups in total. The smallest absolute Gasteiger partial charge is 0.306 e. The van der Waals surface area contributed by atoms with E-state index in [1.54, 1.807) is 6.07 Å². The Morgan fingerprint density at radius 3 is 2.89 bits per heavy atom. The maximum absolute atomic E-state index is 12.8. The van der Waals surface area contributed by atoms with Gasteiger partial charge in [0.2, 0.25) is 0 Å². The molecule has 1 rings (SSSR count). The molecular weight excluding hydrogens is 303 g/mol. The van der Waals surface area contributed by atoms with Crippen LogP contribution in [0.15, 0.2) is 22.7 Å². The maximum Gasteiger partial charge on any atom is 0.306 e. The average Bonchev–Trinajstić information content (AvgIpc) is 2.33. The van der Waals surface area contributed by atoms with Crippen molar-refractivity contribution in [3.63, 3.8) is 0 Å². The van der Waals surface area contributed by atoms with Crippen LogP contribution in [0, 0.1) is 5.82 Å². The van der Waals surface area contributed by atoms with Gasteiger partial charge in [-0.25, -0.2) is 4.39 Å². The Hall–Kier alpha value is -0.940. The van der Waals surface area contributed by atoms with Gasteiger partial charge in [0.05, 0.1) is 0 Å². The first kappa shape index (κ1) is 15.1. The van der Waals surface area contributed by atoms with Crippen LogP contribution in [-0.2, 0) is 20.9 Å². The highest BCUT2D eigenvalue weighted by molar-refractivity contribution is 9.10. The summed E-state index contributed by atoms with van der Waals surface area (Å²) in [6.07, 6.45) is 0.982. The predicted octanol–water partition coefficient (Wildman–Crippen LogP) is 3.45. The normalized spacial score (nSPS) is 10.4. The summed E-state index contributed by atoms with van der Waals surface area (Å²) in [6.45, 7) is 3.27. The van der Waals surface area contributed by atoms with Gasteiger partial charge in [0.25, 0.3) is 0 Å². The highest BCUT2D eigenvalue weighted by Crippen LogP contribution is 2.19. The Labute approximate surface area is 114 Å². The topological polar surface area (TPSA) is 35.5 Å². The Morgan fingerprint density at radius 2 is 2.22 bits per heavy atom. The van der Waals surface area contributed by atoms with Crippen LogP contribution in [-0.4, -0.2) is 19.2 Å². The zero-order valence-corrected chi connectivity index (χ0v) is 11.8. The lowest BCUT2D eigenvalue weighted by molar-refractivity contribution is -0.145. The molecule has 100 valence electrons. The van der Waals surface area contributed by atoms with E-state index in [0.717, 1.165) is 5.56 Å². The number of rotatable bonds is 7. The van der Waals surface area contributed by atoms with E-state index in [-0.39, 0.29) is 18.4 Å². The predicted molar refractivity (Wildman–Crippen MR) is 69.6 cm³/mol. The summed E-state index contributed by atoms with van der Waals surface area (Å²) in [7, 11) is 0. The van der Waals surface area contributed by atoms with Crippen LogP contribution in [0.5, 0.6) is 0 Å². The molecule has 0 unspecified atom stereocenters. The molecule has 18 heavy (non-hydrogen) atoms. The fourth-order valence-corrected chi connectivity index (χ4v) is 1.80. The van der Waals surface area contributed by atoms with E-state index in [1.807, 2.05) is 6.92 Å². The lowest BCUT2D eigenvalue weighted by atomic mass is 10.2. The van der Waals surface area contributed by atoms with Crippen LogP contribution < -0.4 is 0 Å². The van der Waals surface area contributed by atoms with Gasteiger partial charge in [0, 0.05) is 29.7 Å². The van der Waals surface area contributed by atoms with Crippen LogP contribution in [0.2, 0.25) is 0 Å². The van der Waals surface area contributed by atoms with Crippen molar-refractivity contribution < 1.29 is 18.7 Å². The number of benzene rings is 1. The minimum Gasteiger partial charge on any atom is -0.461 e. The molecule has 0 radical (unpaired) electrons. The van der Waals surface area contributed by atoms with Crippen LogP contribution in [0.1, 0.15) is 25.3 Å². The fraction of sp³-hybridized carbons (Fsp3) is 0.462. The molecule has 3 nitrogen and oxygen atoms in total. The Kier molecular flexibility index (Phi) is 6.90. The number of ether oxygens (including phenoxy) is 2. The van der Waals surface area contributed by atoms with Crippen molar-refractivity contribution in [3.8, 4) is 0 Å². The van der Waals surface area contributed by atoms with Gasteiger partial charge in [-0.2, -0.15) is 0 Å². The number of esters is 1. The second-order valence-corrected chi connectivity index (χ2v) is 4.55. The summed E-state index contributed by atoms with van der Waals surface area (Å²) in [5, 5.41) is 0. The van der Waals surface area contributed by atoms with Gasteiger partial charge in [0.15, 0.2) is 0 Å². The van der Waals surface area contributed by atoms with Crippen molar-refractivity contribution in [3.05, 3.63) is 34.1 Å². The standard InChI is InChI=1S/C13H16BrFO3/c1-2-17-7-3-4-13(16)18-9-10-5-6-11(15)8-12(10)14/h5-6,8H,2-4,7,9H2,1H3. The van der Waals surface area contributed by atoms with Crippen LogP contribution >= 0.6 is 15.9 Å². The number of hydrogen-bond acceptors (Lipinski definition) is 3. The van der Waals surface area contributed by atoms with E-state index in [1.165, 1.54) is 12.1 Å². The third-order valence-electron chi connectivity index (χ3n) is 2.28. The molecule has 0 atom stereocenters. The number of carbonyl (C=O) groups is 1. The SMILES string of the molecule is CCOCCCC(=O)OCc1ccc(F)cc1Br. The molecule has 0 aliphatic carbocycles. The third kappa shape index (κ3) is 5.60. The Bertz CT molecular complexity index is 396. The van der Waals surface area contributed by atoms with Crippen molar-refractivity contribution in [2.24, 2.45) is 0 Å². The zero-order valence-electron chi connectivity index (χ0n) is 10.2. The maximum atomic E-state index is 12.8. The van der Waals surface area contributed by atoms with Gasteiger partial charge in [-0.1, -0.05) is 22.0 Å². The van der Waals surface area contributed by atoms with E-state index in [4.69, 9.17) is 9.47 Å². The van der Waals surface area contributed by atoms with Gasteiger partial charge < -0.3 is 9.47 Å². The van der Waals surface area contributed by atoms with Crippen molar-refractivity contribution in [1.29, 1.82) is 0 Å². The van der Waals surface area contributed by atoms with E-state index < -0.39 is 0 Å². The number of hydrogen-bond donors (Lipinski definition) is 0. The molecule has 0 amide bonds. The Balaban J connectivity index is 2.29. The molecule has 5 heteroatoms. The monoisotopic (exact) mass is 318 g/mol. The second kappa shape index (κ2) is 8.21. The largest absolute Gasteiger partial charge is 0.461 e. The lowest BCUT2D eigenvalue weighted by Crippen LogP contribution is -2.06. The van der Waals surface area contributed by atoms with Gasteiger partial charge in [-0.15, -0.1) is 0 Å².